The van der Waals surface area contributed by atoms with Gasteiger partial charge in [0.05, 0.1) is 6.54 Å². The van der Waals surface area contributed by atoms with Crippen LogP contribution in [0.4, 0.5) is 0 Å². The molecule has 1 heterocycles. The molecule has 1 aliphatic carbocycles. The van der Waals surface area contributed by atoms with E-state index in [1.165, 1.54) is 44.1 Å². The van der Waals surface area contributed by atoms with E-state index >= 15 is 0 Å². The van der Waals surface area contributed by atoms with E-state index in [1.54, 1.807) is 0 Å². The van der Waals surface area contributed by atoms with Gasteiger partial charge in [-0.1, -0.05) is 11.6 Å². The van der Waals surface area contributed by atoms with Gasteiger partial charge in [-0.05, 0) is 76.9 Å². The average Bonchev–Trinajstić information content (AvgIpc) is 2.51. The number of nitrogens with one attached hydrogen (secondary N) is 1. The van der Waals surface area contributed by atoms with Crippen LogP contribution in [0.1, 0.15) is 51.4 Å². The lowest BCUT2D eigenvalue weighted by atomic mass is 9.94. The zero-order chi connectivity index (χ0) is 14.9. The number of hydrogen-bond donors (Lipinski definition) is 2. The number of allylic oxidation sites excluding steroid dienone is 1. The molecule has 0 unspecified atom stereocenters. The quantitative estimate of drug-likeness (QED) is 0.706. The van der Waals surface area contributed by atoms with Crippen LogP contribution < -0.4 is 11.1 Å². The minimum atomic E-state index is 0.184. The first-order valence-electron chi connectivity index (χ1n) is 8.65. The highest BCUT2D eigenvalue weighted by atomic mass is 16.2. The predicted molar refractivity (Wildman–Crippen MR) is 87.0 cm³/mol. The number of carbonyl (C=O) groups is 1. The highest BCUT2D eigenvalue weighted by molar-refractivity contribution is 5.78. The second-order valence-electron chi connectivity index (χ2n) is 6.50. The van der Waals surface area contributed by atoms with E-state index in [-0.39, 0.29) is 5.91 Å². The summed E-state index contributed by atoms with van der Waals surface area (Å²) in [7, 11) is 0. The Balaban J connectivity index is 1.56. The smallest absolute Gasteiger partial charge is 0.234 e. The van der Waals surface area contributed by atoms with Crippen molar-refractivity contribution in [3.8, 4) is 0 Å². The van der Waals surface area contributed by atoms with Crippen LogP contribution in [-0.2, 0) is 4.79 Å². The molecule has 2 aliphatic rings. The number of rotatable bonds is 7. The molecule has 1 fully saturated rings. The lowest BCUT2D eigenvalue weighted by Gasteiger charge is -2.31. The lowest BCUT2D eigenvalue weighted by molar-refractivity contribution is -0.122. The molecule has 4 nitrogen and oxygen atoms in total. The van der Waals surface area contributed by atoms with E-state index in [2.05, 4.69) is 16.3 Å². The normalized spacial score (nSPS) is 21.1. The van der Waals surface area contributed by atoms with Gasteiger partial charge in [-0.3, -0.25) is 9.69 Å². The monoisotopic (exact) mass is 293 g/mol. The van der Waals surface area contributed by atoms with E-state index in [1.807, 2.05) is 0 Å². The van der Waals surface area contributed by atoms with E-state index in [4.69, 9.17) is 5.73 Å². The van der Waals surface area contributed by atoms with Crippen molar-refractivity contribution < 1.29 is 4.79 Å². The molecule has 0 aromatic heterocycles. The summed E-state index contributed by atoms with van der Waals surface area (Å²) in [6.45, 7) is 4.25. The van der Waals surface area contributed by atoms with E-state index in [0.29, 0.717) is 6.54 Å². The Hall–Kier alpha value is -0.870. The van der Waals surface area contributed by atoms with Gasteiger partial charge in [0.25, 0.3) is 0 Å². The number of hydrogen-bond acceptors (Lipinski definition) is 3. The van der Waals surface area contributed by atoms with E-state index < -0.39 is 0 Å². The number of nitrogens with two attached hydrogens (primary N) is 1. The molecular formula is C17H31N3O. The van der Waals surface area contributed by atoms with Crippen molar-refractivity contribution in [1.82, 2.24) is 10.2 Å². The first kappa shape index (κ1) is 16.5. The Bertz CT molecular complexity index is 346. The second-order valence-corrected chi connectivity index (χ2v) is 6.50. The lowest BCUT2D eigenvalue weighted by Crippen LogP contribution is -2.42. The molecule has 0 radical (unpaired) electrons. The van der Waals surface area contributed by atoms with Crippen LogP contribution in [0.5, 0.6) is 0 Å². The number of piperidine rings is 1. The van der Waals surface area contributed by atoms with Crippen molar-refractivity contribution in [2.45, 2.75) is 51.4 Å². The van der Waals surface area contributed by atoms with Gasteiger partial charge in [0.1, 0.15) is 0 Å². The maximum Gasteiger partial charge on any atom is 0.234 e. The minimum Gasteiger partial charge on any atom is -0.355 e. The summed E-state index contributed by atoms with van der Waals surface area (Å²) in [5, 5.41) is 3.07. The van der Waals surface area contributed by atoms with Gasteiger partial charge >= 0.3 is 0 Å². The van der Waals surface area contributed by atoms with Crippen LogP contribution in [0.2, 0.25) is 0 Å². The van der Waals surface area contributed by atoms with Crippen LogP contribution in [0.3, 0.4) is 0 Å². The largest absolute Gasteiger partial charge is 0.355 e. The van der Waals surface area contributed by atoms with Crippen LogP contribution in [-0.4, -0.2) is 43.5 Å². The third-order valence-electron chi connectivity index (χ3n) is 4.80. The Morgan fingerprint density at radius 3 is 2.81 bits per heavy atom. The molecule has 3 N–H and O–H groups in total. The third kappa shape index (κ3) is 6.18. The summed E-state index contributed by atoms with van der Waals surface area (Å²) in [6.07, 6.45) is 12.0. The molecule has 1 amide bonds. The standard InChI is InChI=1S/C17H31N3O/c18-10-6-16-8-12-20(13-9-16)14-17(21)19-11-7-15-4-2-1-3-5-15/h4,16H,1-3,5-14,18H2,(H,19,21). The molecule has 0 spiro atoms. The summed E-state index contributed by atoms with van der Waals surface area (Å²) in [5.41, 5.74) is 7.14. The summed E-state index contributed by atoms with van der Waals surface area (Å²) in [6, 6.07) is 0. The molecule has 0 aromatic rings. The molecule has 0 saturated carbocycles. The first-order chi connectivity index (χ1) is 10.3. The number of likely N-dealkylation sites (tertiary alicyclic amines) is 1. The van der Waals surface area contributed by atoms with Crippen LogP contribution in [0.15, 0.2) is 11.6 Å². The summed E-state index contributed by atoms with van der Waals surface area (Å²) < 4.78 is 0. The molecule has 21 heavy (non-hydrogen) atoms. The van der Waals surface area contributed by atoms with Gasteiger partial charge < -0.3 is 11.1 Å². The summed E-state index contributed by atoms with van der Waals surface area (Å²) in [5.74, 6) is 0.955. The van der Waals surface area contributed by atoms with Gasteiger partial charge in [0.2, 0.25) is 5.91 Å². The fourth-order valence-electron chi connectivity index (χ4n) is 3.42. The van der Waals surface area contributed by atoms with Gasteiger partial charge in [-0.2, -0.15) is 0 Å². The van der Waals surface area contributed by atoms with E-state index in [0.717, 1.165) is 44.9 Å². The highest BCUT2D eigenvalue weighted by Gasteiger charge is 2.20. The van der Waals surface area contributed by atoms with Crippen molar-refractivity contribution in [3.63, 3.8) is 0 Å². The number of carbonyl (C=O) groups excluding carboxylic acids is 1. The van der Waals surface area contributed by atoms with Gasteiger partial charge in [0, 0.05) is 6.54 Å². The maximum absolute atomic E-state index is 12.0. The SMILES string of the molecule is NCCC1CCN(CC(=O)NCCC2=CCCCC2)CC1. The predicted octanol–water partition coefficient (Wildman–Crippen LogP) is 2.05. The molecular weight excluding hydrogens is 262 g/mol. The molecule has 1 saturated heterocycles. The molecule has 0 bridgehead atoms. The molecule has 0 aromatic carbocycles. The molecule has 2 rings (SSSR count). The summed E-state index contributed by atoms with van der Waals surface area (Å²) >= 11 is 0. The van der Waals surface area contributed by atoms with Crippen molar-refractivity contribution >= 4 is 5.91 Å². The van der Waals surface area contributed by atoms with Crippen LogP contribution >= 0.6 is 0 Å². The Labute approximate surface area is 129 Å². The second kappa shape index (κ2) is 9.21. The third-order valence-corrected chi connectivity index (χ3v) is 4.80. The molecule has 4 heteroatoms. The average molecular weight is 293 g/mol. The van der Waals surface area contributed by atoms with Crippen molar-refractivity contribution in [1.29, 1.82) is 0 Å². The Morgan fingerprint density at radius 2 is 2.14 bits per heavy atom. The van der Waals surface area contributed by atoms with Gasteiger partial charge in [-0.15, -0.1) is 0 Å². The van der Waals surface area contributed by atoms with E-state index in [9.17, 15) is 4.79 Å². The van der Waals surface area contributed by atoms with Crippen molar-refractivity contribution in [2.24, 2.45) is 11.7 Å². The maximum atomic E-state index is 12.0. The first-order valence-corrected chi connectivity index (χ1v) is 8.65. The fourth-order valence-corrected chi connectivity index (χ4v) is 3.42. The van der Waals surface area contributed by atoms with Gasteiger partial charge in [-0.25, -0.2) is 0 Å². The Morgan fingerprint density at radius 1 is 1.33 bits per heavy atom. The number of amides is 1. The molecule has 0 atom stereocenters. The summed E-state index contributed by atoms with van der Waals surface area (Å²) in [4.78, 5) is 14.2. The highest BCUT2D eigenvalue weighted by Crippen LogP contribution is 2.20. The van der Waals surface area contributed by atoms with Crippen LogP contribution in [0, 0.1) is 5.92 Å². The molecule has 120 valence electrons. The minimum absolute atomic E-state index is 0.184. The van der Waals surface area contributed by atoms with Crippen molar-refractivity contribution in [2.75, 3.05) is 32.7 Å². The Kier molecular flexibility index (Phi) is 7.24. The molecule has 1 aliphatic heterocycles. The van der Waals surface area contributed by atoms with Gasteiger partial charge in [0.15, 0.2) is 0 Å². The zero-order valence-corrected chi connectivity index (χ0v) is 13.3. The van der Waals surface area contributed by atoms with Crippen LogP contribution in [0.25, 0.3) is 0 Å². The number of nitrogens with zero attached hydrogens (tertiary/aromatic N) is 1. The fraction of sp³-hybridized carbons (Fsp3) is 0.824. The zero-order valence-electron chi connectivity index (χ0n) is 13.3. The topological polar surface area (TPSA) is 58.4 Å². The van der Waals surface area contributed by atoms with Crippen molar-refractivity contribution in [3.05, 3.63) is 11.6 Å².